The summed E-state index contributed by atoms with van der Waals surface area (Å²) < 4.78 is 0. The van der Waals surface area contributed by atoms with Gasteiger partial charge in [0.2, 0.25) is 17.7 Å². The molecule has 1 fully saturated rings. The Morgan fingerprint density at radius 3 is 2.28 bits per heavy atom. The summed E-state index contributed by atoms with van der Waals surface area (Å²) in [5.74, 6) is -0.715. The minimum Gasteiger partial charge on any atom is -0.339 e. The maximum absolute atomic E-state index is 12.8. The molecule has 3 amide bonds. The number of carbonyl (C=O) groups excluding carboxylic acids is 3. The zero-order chi connectivity index (χ0) is 18.6. The van der Waals surface area contributed by atoms with Gasteiger partial charge in [-0.05, 0) is 32.0 Å². The first-order chi connectivity index (χ1) is 11.8. The third-order valence-corrected chi connectivity index (χ3v) is 4.36. The van der Waals surface area contributed by atoms with Crippen molar-refractivity contribution in [1.82, 2.24) is 9.80 Å². The van der Waals surface area contributed by atoms with Crippen molar-refractivity contribution in [3.05, 3.63) is 29.8 Å². The number of benzene rings is 1. The summed E-state index contributed by atoms with van der Waals surface area (Å²) in [5.41, 5.74) is -0.338. The maximum atomic E-state index is 12.8. The predicted octanol–water partition coefficient (Wildman–Crippen LogP) is 1.21. The van der Waals surface area contributed by atoms with Crippen molar-refractivity contribution >= 4 is 23.4 Å². The van der Waals surface area contributed by atoms with Crippen molar-refractivity contribution in [3.8, 4) is 6.07 Å². The molecule has 0 bridgehead atoms. The monoisotopic (exact) mass is 342 g/mol. The molecule has 1 aromatic rings. The quantitative estimate of drug-likeness (QED) is 0.836. The third-order valence-electron chi connectivity index (χ3n) is 4.36. The maximum Gasteiger partial charge on any atom is 0.239 e. The molecule has 7 heteroatoms. The van der Waals surface area contributed by atoms with Gasteiger partial charge in [-0.15, -0.1) is 0 Å². The summed E-state index contributed by atoms with van der Waals surface area (Å²) in [4.78, 5) is 40.0. The molecule has 1 saturated heterocycles. The predicted molar refractivity (Wildman–Crippen MR) is 92.4 cm³/mol. The Balaban J connectivity index is 2.04. The number of piperazine rings is 1. The molecule has 0 spiro atoms. The number of hydrogen-bond donors (Lipinski definition) is 1. The number of nitrogens with zero attached hydrogens (tertiary/aromatic N) is 3. The molecule has 25 heavy (non-hydrogen) atoms. The second-order valence-electron chi connectivity index (χ2n) is 6.57. The molecule has 2 rings (SSSR count). The molecule has 0 aliphatic carbocycles. The third kappa shape index (κ3) is 4.15. The van der Waals surface area contributed by atoms with Crippen molar-refractivity contribution in [3.63, 3.8) is 0 Å². The van der Waals surface area contributed by atoms with Crippen LogP contribution in [0.25, 0.3) is 0 Å². The second kappa shape index (κ2) is 7.34. The van der Waals surface area contributed by atoms with E-state index in [-0.39, 0.29) is 11.8 Å². The van der Waals surface area contributed by atoms with Crippen molar-refractivity contribution in [2.45, 2.75) is 20.8 Å². The fourth-order valence-corrected chi connectivity index (χ4v) is 2.67. The highest BCUT2D eigenvalue weighted by Crippen LogP contribution is 2.23. The second-order valence-corrected chi connectivity index (χ2v) is 6.57. The Morgan fingerprint density at radius 1 is 1.12 bits per heavy atom. The van der Waals surface area contributed by atoms with Crippen LogP contribution in [0.5, 0.6) is 0 Å². The summed E-state index contributed by atoms with van der Waals surface area (Å²) in [6.45, 7) is 6.45. The molecule has 0 atom stereocenters. The number of nitriles is 1. The van der Waals surface area contributed by atoms with Gasteiger partial charge >= 0.3 is 0 Å². The molecule has 0 unspecified atom stereocenters. The number of amides is 3. The summed E-state index contributed by atoms with van der Waals surface area (Å²) >= 11 is 0. The lowest BCUT2D eigenvalue weighted by atomic mass is 9.89. The molecule has 0 radical (unpaired) electrons. The molecule has 7 nitrogen and oxygen atoms in total. The zero-order valence-electron chi connectivity index (χ0n) is 14.7. The van der Waals surface area contributed by atoms with Gasteiger partial charge in [0, 0.05) is 38.8 Å². The largest absolute Gasteiger partial charge is 0.339 e. The van der Waals surface area contributed by atoms with Crippen molar-refractivity contribution in [1.29, 1.82) is 5.26 Å². The number of anilines is 1. The van der Waals surface area contributed by atoms with Crippen molar-refractivity contribution < 1.29 is 14.4 Å². The SMILES string of the molecule is CC(=O)N1CCN(C(=O)C(C)(C)C(=O)Nc2cccc(C#N)c2)CC1. The van der Waals surface area contributed by atoms with Gasteiger partial charge in [-0.2, -0.15) is 5.26 Å². The molecule has 1 aliphatic heterocycles. The van der Waals surface area contributed by atoms with Crippen LogP contribution in [0, 0.1) is 16.7 Å². The van der Waals surface area contributed by atoms with E-state index >= 15 is 0 Å². The summed E-state index contributed by atoms with van der Waals surface area (Å²) in [7, 11) is 0. The lowest BCUT2D eigenvalue weighted by Gasteiger charge is -2.37. The standard InChI is InChI=1S/C18H22N4O3/c1-13(23)21-7-9-22(10-8-21)17(25)18(2,3)16(24)20-15-6-4-5-14(11-15)12-19/h4-6,11H,7-10H2,1-3H3,(H,20,24). The van der Waals surface area contributed by atoms with Gasteiger partial charge in [0.15, 0.2) is 0 Å². The van der Waals surface area contributed by atoms with Crippen LogP contribution in [0.1, 0.15) is 26.3 Å². The summed E-state index contributed by atoms with van der Waals surface area (Å²) in [6.07, 6.45) is 0. The molecule has 1 N–H and O–H groups in total. The topological polar surface area (TPSA) is 93.5 Å². The lowest BCUT2D eigenvalue weighted by molar-refractivity contribution is -0.149. The van der Waals surface area contributed by atoms with E-state index in [9.17, 15) is 14.4 Å². The minimum absolute atomic E-state index is 0.0125. The molecule has 1 heterocycles. The van der Waals surface area contributed by atoms with Crippen LogP contribution in [0.4, 0.5) is 5.69 Å². The van der Waals surface area contributed by atoms with Crippen LogP contribution in [0.15, 0.2) is 24.3 Å². The van der Waals surface area contributed by atoms with Gasteiger partial charge in [-0.3, -0.25) is 14.4 Å². The lowest BCUT2D eigenvalue weighted by Crippen LogP contribution is -2.55. The molecule has 1 aliphatic rings. The van der Waals surface area contributed by atoms with Crippen molar-refractivity contribution in [2.75, 3.05) is 31.5 Å². The molecule has 0 saturated carbocycles. The summed E-state index contributed by atoms with van der Waals surface area (Å²) in [6, 6.07) is 8.55. The van der Waals surface area contributed by atoms with Crippen LogP contribution in [0.2, 0.25) is 0 Å². The van der Waals surface area contributed by atoms with Crippen LogP contribution < -0.4 is 5.32 Å². The Morgan fingerprint density at radius 2 is 1.72 bits per heavy atom. The van der Waals surface area contributed by atoms with E-state index in [0.29, 0.717) is 37.4 Å². The van der Waals surface area contributed by atoms with Crippen LogP contribution >= 0.6 is 0 Å². The van der Waals surface area contributed by atoms with Gasteiger partial charge in [0.25, 0.3) is 0 Å². The Labute approximate surface area is 147 Å². The van der Waals surface area contributed by atoms with E-state index in [1.54, 1.807) is 47.9 Å². The molecule has 132 valence electrons. The molecule has 0 aromatic heterocycles. The van der Waals surface area contributed by atoms with Crippen LogP contribution in [-0.2, 0) is 14.4 Å². The van der Waals surface area contributed by atoms with E-state index in [1.165, 1.54) is 6.92 Å². The van der Waals surface area contributed by atoms with E-state index in [1.807, 2.05) is 6.07 Å². The number of hydrogen-bond acceptors (Lipinski definition) is 4. The van der Waals surface area contributed by atoms with E-state index in [2.05, 4.69) is 5.32 Å². The van der Waals surface area contributed by atoms with Gasteiger partial charge in [0.05, 0.1) is 11.6 Å². The number of nitrogens with one attached hydrogen (secondary N) is 1. The minimum atomic E-state index is -1.25. The fourth-order valence-electron chi connectivity index (χ4n) is 2.67. The first-order valence-electron chi connectivity index (χ1n) is 8.12. The average molecular weight is 342 g/mol. The Bertz CT molecular complexity index is 728. The van der Waals surface area contributed by atoms with E-state index in [0.717, 1.165) is 0 Å². The Kier molecular flexibility index (Phi) is 5.42. The highest BCUT2D eigenvalue weighted by Gasteiger charge is 2.40. The van der Waals surface area contributed by atoms with Crippen LogP contribution in [0.3, 0.4) is 0 Å². The first kappa shape index (κ1) is 18.5. The highest BCUT2D eigenvalue weighted by atomic mass is 16.2. The van der Waals surface area contributed by atoms with Gasteiger partial charge in [-0.25, -0.2) is 0 Å². The van der Waals surface area contributed by atoms with E-state index in [4.69, 9.17) is 5.26 Å². The van der Waals surface area contributed by atoms with Crippen LogP contribution in [-0.4, -0.2) is 53.7 Å². The zero-order valence-corrected chi connectivity index (χ0v) is 14.7. The molecular weight excluding hydrogens is 320 g/mol. The van der Waals surface area contributed by atoms with Gasteiger partial charge < -0.3 is 15.1 Å². The van der Waals surface area contributed by atoms with Gasteiger partial charge in [-0.1, -0.05) is 6.07 Å². The van der Waals surface area contributed by atoms with E-state index < -0.39 is 11.3 Å². The Hall–Kier alpha value is -2.88. The summed E-state index contributed by atoms with van der Waals surface area (Å²) in [5, 5.41) is 11.6. The number of rotatable bonds is 3. The van der Waals surface area contributed by atoms with Gasteiger partial charge in [0.1, 0.15) is 5.41 Å². The van der Waals surface area contributed by atoms with Crippen molar-refractivity contribution in [2.24, 2.45) is 5.41 Å². The smallest absolute Gasteiger partial charge is 0.239 e. The average Bonchev–Trinajstić information content (AvgIpc) is 2.61. The first-order valence-corrected chi connectivity index (χ1v) is 8.12. The molecular formula is C18H22N4O3. The highest BCUT2D eigenvalue weighted by molar-refractivity contribution is 6.09. The molecule has 1 aromatic carbocycles. The fraction of sp³-hybridized carbons (Fsp3) is 0.444. The normalized spacial score (nSPS) is 14.6. The number of carbonyl (C=O) groups is 3.